The number of benzene rings is 1. The van der Waals surface area contributed by atoms with Crippen LogP contribution in [0.25, 0.3) is 0 Å². The fourth-order valence-corrected chi connectivity index (χ4v) is 2.79. The van der Waals surface area contributed by atoms with Crippen molar-refractivity contribution in [3.63, 3.8) is 0 Å². The van der Waals surface area contributed by atoms with Crippen LogP contribution in [0.4, 0.5) is 5.69 Å². The van der Waals surface area contributed by atoms with E-state index in [0.29, 0.717) is 19.7 Å². The number of hydrogen-bond donors (Lipinski definition) is 4. The van der Waals surface area contributed by atoms with Gasteiger partial charge < -0.3 is 25.6 Å². The molecule has 0 bridgehead atoms. The van der Waals surface area contributed by atoms with Gasteiger partial charge in [-0.15, -0.1) is 0 Å². The molecule has 0 atom stereocenters. The van der Waals surface area contributed by atoms with Crippen LogP contribution >= 0.6 is 0 Å². The molecule has 0 aliphatic carbocycles. The first kappa shape index (κ1) is 17.2. The number of piperazine rings is 1. The van der Waals surface area contributed by atoms with Crippen molar-refractivity contribution in [3.05, 3.63) is 24.3 Å². The average molecular weight is 322 g/mol. The van der Waals surface area contributed by atoms with E-state index in [1.807, 2.05) is 31.2 Å². The largest absolute Gasteiger partial charge is 0.494 e. The summed E-state index contributed by atoms with van der Waals surface area (Å²) < 4.78 is 5.37. The summed E-state index contributed by atoms with van der Waals surface area (Å²) in [6, 6.07) is 7.37. The first-order valence-electron chi connectivity index (χ1n) is 8.05. The maximum Gasteiger partial charge on any atom is 0.279 e. The van der Waals surface area contributed by atoms with E-state index < -0.39 is 0 Å². The van der Waals surface area contributed by atoms with Crippen LogP contribution in [-0.2, 0) is 9.59 Å². The van der Waals surface area contributed by atoms with Crippen molar-refractivity contribution in [1.82, 2.24) is 0 Å². The fraction of sp³-hybridized carbons (Fsp3) is 0.500. The first-order valence-corrected chi connectivity index (χ1v) is 8.05. The summed E-state index contributed by atoms with van der Waals surface area (Å²) in [5.41, 5.74) is 5.99. The SMILES string of the molecule is CCOc1ccc(NC(=O)C[NH+]2CC[NH+](CC(N)=O)CC2)cc1. The van der Waals surface area contributed by atoms with Gasteiger partial charge in [0.2, 0.25) is 0 Å². The Hall–Kier alpha value is -2.12. The highest BCUT2D eigenvalue weighted by Crippen LogP contribution is 2.15. The van der Waals surface area contributed by atoms with E-state index in [2.05, 4.69) is 5.32 Å². The monoisotopic (exact) mass is 322 g/mol. The zero-order valence-corrected chi connectivity index (χ0v) is 13.6. The number of hydrogen-bond acceptors (Lipinski definition) is 3. The van der Waals surface area contributed by atoms with Gasteiger partial charge in [-0.25, -0.2) is 0 Å². The van der Waals surface area contributed by atoms with Crippen molar-refractivity contribution in [2.75, 3.05) is 51.2 Å². The van der Waals surface area contributed by atoms with Crippen molar-refractivity contribution in [2.45, 2.75) is 6.92 Å². The van der Waals surface area contributed by atoms with Crippen molar-refractivity contribution in [1.29, 1.82) is 0 Å². The van der Waals surface area contributed by atoms with Crippen molar-refractivity contribution in [3.8, 4) is 5.75 Å². The summed E-state index contributed by atoms with van der Waals surface area (Å²) in [4.78, 5) is 25.5. The van der Waals surface area contributed by atoms with Crippen LogP contribution in [0.2, 0.25) is 0 Å². The van der Waals surface area contributed by atoms with Crippen LogP contribution in [0.15, 0.2) is 24.3 Å². The number of carbonyl (C=O) groups is 2. The molecule has 2 amide bonds. The van der Waals surface area contributed by atoms with E-state index in [1.165, 1.54) is 9.80 Å². The number of ether oxygens (including phenoxy) is 1. The molecule has 5 N–H and O–H groups in total. The third-order valence-electron chi connectivity index (χ3n) is 3.95. The predicted molar refractivity (Wildman–Crippen MR) is 86.6 cm³/mol. The molecule has 2 rings (SSSR count). The van der Waals surface area contributed by atoms with E-state index in [9.17, 15) is 9.59 Å². The highest BCUT2D eigenvalue weighted by atomic mass is 16.5. The van der Waals surface area contributed by atoms with E-state index in [-0.39, 0.29) is 11.8 Å². The molecule has 1 aromatic rings. The number of nitrogens with two attached hydrogens (primary N) is 1. The zero-order chi connectivity index (χ0) is 16.7. The molecule has 1 aromatic carbocycles. The molecule has 7 heteroatoms. The van der Waals surface area contributed by atoms with Gasteiger partial charge in [-0.3, -0.25) is 9.59 Å². The lowest BCUT2D eigenvalue weighted by atomic mass is 10.3. The van der Waals surface area contributed by atoms with Gasteiger partial charge in [0.1, 0.15) is 31.9 Å². The topological polar surface area (TPSA) is 90.3 Å². The molecule has 0 saturated carbocycles. The van der Waals surface area contributed by atoms with Crippen LogP contribution in [0.3, 0.4) is 0 Å². The highest BCUT2D eigenvalue weighted by molar-refractivity contribution is 5.91. The Morgan fingerprint density at radius 2 is 1.65 bits per heavy atom. The maximum absolute atomic E-state index is 12.1. The lowest BCUT2D eigenvalue weighted by molar-refractivity contribution is -1.00. The standard InChI is InChI=1S/C16H24N4O3/c1-2-23-14-5-3-13(4-6-14)18-16(22)12-20-9-7-19(8-10-20)11-15(17)21/h3-6H,2,7-12H2,1H3,(H2,17,21)(H,18,22)/p+2. The summed E-state index contributed by atoms with van der Waals surface area (Å²) in [5, 5.41) is 2.91. The minimum atomic E-state index is -0.267. The second-order valence-electron chi connectivity index (χ2n) is 5.83. The molecule has 0 radical (unpaired) electrons. The summed E-state index contributed by atoms with van der Waals surface area (Å²) in [6.07, 6.45) is 0. The lowest BCUT2D eigenvalue weighted by Gasteiger charge is -2.28. The lowest BCUT2D eigenvalue weighted by Crippen LogP contribution is -3.28. The summed E-state index contributed by atoms with van der Waals surface area (Å²) in [7, 11) is 0. The molecule has 1 aliphatic heterocycles. The van der Waals surface area contributed by atoms with Crippen LogP contribution in [0.1, 0.15) is 6.92 Å². The summed E-state index contributed by atoms with van der Waals surface area (Å²) >= 11 is 0. The van der Waals surface area contributed by atoms with Crippen molar-refractivity contribution >= 4 is 17.5 Å². The van der Waals surface area contributed by atoms with Gasteiger partial charge in [0.05, 0.1) is 6.61 Å². The first-order chi connectivity index (χ1) is 11.1. The molecule has 23 heavy (non-hydrogen) atoms. The fourth-order valence-electron chi connectivity index (χ4n) is 2.79. The molecule has 1 aliphatic rings. The van der Waals surface area contributed by atoms with Crippen molar-refractivity contribution < 1.29 is 24.1 Å². The van der Waals surface area contributed by atoms with Gasteiger partial charge in [-0.05, 0) is 31.2 Å². The van der Waals surface area contributed by atoms with Crippen LogP contribution in [0.5, 0.6) is 5.75 Å². The molecule has 1 heterocycles. The Kier molecular flexibility index (Phi) is 6.37. The molecule has 7 nitrogen and oxygen atoms in total. The third-order valence-corrected chi connectivity index (χ3v) is 3.95. The summed E-state index contributed by atoms with van der Waals surface area (Å²) in [6.45, 7) is 6.87. The van der Waals surface area contributed by atoms with Gasteiger partial charge in [0.25, 0.3) is 11.8 Å². The number of carbonyl (C=O) groups excluding carboxylic acids is 2. The van der Waals surface area contributed by atoms with E-state index in [4.69, 9.17) is 10.5 Å². The predicted octanol–water partition coefficient (Wildman–Crippen LogP) is -2.71. The average Bonchev–Trinajstić information content (AvgIpc) is 2.51. The Morgan fingerprint density at radius 3 is 2.17 bits per heavy atom. The zero-order valence-electron chi connectivity index (χ0n) is 13.6. The number of rotatable bonds is 7. The van der Waals surface area contributed by atoms with Gasteiger partial charge in [0.15, 0.2) is 13.1 Å². The van der Waals surface area contributed by atoms with E-state index in [0.717, 1.165) is 37.6 Å². The number of amides is 2. The molecule has 126 valence electrons. The minimum absolute atomic E-state index is 0.00233. The van der Waals surface area contributed by atoms with Crippen LogP contribution in [-0.4, -0.2) is 57.7 Å². The van der Waals surface area contributed by atoms with Gasteiger partial charge in [-0.2, -0.15) is 0 Å². The highest BCUT2D eigenvalue weighted by Gasteiger charge is 2.25. The quantitative estimate of drug-likeness (QED) is 0.440. The minimum Gasteiger partial charge on any atom is -0.494 e. The molecule has 0 aromatic heterocycles. The second kappa shape index (κ2) is 8.50. The normalized spacial score (nSPS) is 20.7. The Morgan fingerprint density at radius 1 is 1.09 bits per heavy atom. The third kappa shape index (κ3) is 5.88. The number of quaternary nitrogens is 2. The molecule has 1 saturated heterocycles. The molecular weight excluding hydrogens is 296 g/mol. The van der Waals surface area contributed by atoms with Gasteiger partial charge >= 0.3 is 0 Å². The second-order valence-corrected chi connectivity index (χ2v) is 5.83. The van der Waals surface area contributed by atoms with E-state index in [1.54, 1.807) is 0 Å². The maximum atomic E-state index is 12.1. The Labute approximate surface area is 136 Å². The van der Waals surface area contributed by atoms with Crippen LogP contribution < -0.4 is 25.6 Å². The van der Waals surface area contributed by atoms with Crippen LogP contribution in [0, 0.1) is 0 Å². The number of anilines is 1. The molecule has 0 spiro atoms. The molecular formula is C16H26N4O3+2. The smallest absolute Gasteiger partial charge is 0.279 e. The van der Waals surface area contributed by atoms with Gasteiger partial charge in [-0.1, -0.05) is 0 Å². The number of primary amides is 1. The Bertz CT molecular complexity index is 525. The van der Waals surface area contributed by atoms with E-state index >= 15 is 0 Å². The van der Waals surface area contributed by atoms with Gasteiger partial charge in [0, 0.05) is 5.69 Å². The Balaban J connectivity index is 1.74. The van der Waals surface area contributed by atoms with Crippen molar-refractivity contribution in [2.24, 2.45) is 5.73 Å². The molecule has 0 unspecified atom stereocenters. The number of nitrogens with one attached hydrogen (secondary N) is 3. The molecule has 1 fully saturated rings. The summed E-state index contributed by atoms with van der Waals surface area (Å²) in [5.74, 6) is 0.531.